The number of rotatable bonds is 4. The summed E-state index contributed by atoms with van der Waals surface area (Å²) >= 11 is 12.1. The van der Waals surface area contributed by atoms with Crippen LogP contribution in [0.2, 0.25) is 10.0 Å². The maximum absolute atomic E-state index is 10.5. The summed E-state index contributed by atoms with van der Waals surface area (Å²) in [6.07, 6.45) is 2.62. The zero-order valence-corrected chi connectivity index (χ0v) is 10.5. The van der Waals surface area contributed by atoms with Crippen LogP contribution in [0.3, 0.4) is 0 Å². The Hall–Kier alpha value is -1.19. The molecule has 5 heteroatoms. The maximum Gasteiger partial charge on any atom is 0.303 e. The second-order valence-corrected chi connectivity index (χ2v) is 4.59. The van der Waals surface area contributed by atoms with Gasteiger partial charge in [-0.1, -0.05) is 29.3 Å². The molecular formula is C12H11Cl2NO2. The Bertz CT molecular complexity index is 563. The van der Waals surface area contributed by atoms with Crippen molar-refractivity contribution >= 4 is 40.1 Å². The van der Waals surface area contributed by atoms with Crippen molar-refractivity contribution in [1.82, 2.24) is 4.57 Å². The molecule has 1 N–H and O–H groups in total. The van der Waals surface area contributed by atoms with Crippen LogP contribution in [0.1, 0.15) is 12.8 Å². The van der Waals surface area contributed by atoms with Crippen LogP contribution in [-0.4, -0.2) is 15.6 Å². The first-order valence-electron chi connectivity index (χ1n) is 5.24. The molecule has 0 unspecified atom stereocenters. The zero-order chi connectivity index (χ0) is 12.4. The monoisotopic (exact) mass is 271 g/mol. The van der Waals surface area contributed by atoms with Crippen molar-refractivity contribution < 1.29 is 9.90 Å². The molecule has 0 saturated carbocycles. The minimum atomic E-state index is -0.786. The number of hydrogen-bond donors (Lipinski definition) is 1. The van der Waals surface area contributed by atoms with Gasteiger partial charge in [0.1, 0.15) is 0 Å². The van der Waals surface area contributed by atoms with E-state index in [9.17, 15) is 4.79 Å². The normalized spacial score (nSPS) is 10.9. The quantitative estimate of drug-likeness (QED) is 0.919. The molecule has 0 spiro atoms. The van der Waals surface area contributed by atoms with Crippen molar-refractivity contribution in [3.05, 3.63) is 34.4 Å². The summed E-state index contributed by atoms with van der Waals surface area (Å²) in [4.78, 5) is 10.5. The van der Waals surface area contributed by atoms with Crippen molar-refractivity contribution in [2.75, 3.05) is 0 Å². The smallest absolute Gasteiger partial charge is 0.303 e. The predicted molar refractivity (Wildman–Crippen MR) is 68.8 cm³/mol. The zero-order valence-electron chi connectivity index (χ0n) is 8.99. The summed E-state index contributed by atoms with van der Waals surface area (Å²) in [5.41, 5.74) is 0.865. The molecule has 1 aromatic carbocycles. The van der Waals surface area contributed by atoms with Gasteiger partial charge in [-0.25, -0.2) is 0 Å². The summed E-state index contributed by atoms with van der Waals surface area (Å²) in [5, 5.41) is 10.6. The van der Waals surface area contributed by atoms with Crippen LogP contribution in [0.15, 0.2) is 24.4 Å². The van der Waals surface area contributed by atoms with E-state index in [-0.39, 0.29) is 6.42 Å². The molecule has 0 bridgehead atoms. The minimum absolute atomic E-state index is 0.151. The number of benzene rings is 1. The van der Waals surface area contributed by atoms with Gasteiger partial charge in [0.2, 0.25) is 0 Å². The number of fused-ring (bicyclic) bond motifs is 1. The topological polar surface area (TPSA) is 42.2 Å². The van der Waals surface area contributed by atoms with Crippen molar-refractivity contribution in [3.63, 3.8) is 0 Å². The van der Waals surface area contributed by atoms with Crippen molar-refractivity contribution in [3.8, 4) is 0 Å². The molecule has 90 valence electrons. The summed E-state index contributed by atoms with van der Waals surface area (Å²) in [7, 11) is 0. The Morgan fingerprint density at radius 3 is 2.76 bits per heavy atom. The molecule has 1 heterocycles. The van der Waals surface area contributed by atoms with Gasteiger partial charge in [0.25, 0.3) is 0 Å². The summed E-state index contributed by atoms with van der Waals surface area (Å²) in [6, 6.07) is 5.60. The van der Waals surface area contributed by atoms with Gasteiger partial charge in [-0.15, -0.1) is 0 Å². The Kier molecular flexibility index (Phi) is 3.60. The van der Waals surface area contributed by atoms with Gasteiger partial charge in [-0.3, -0.25) is 4.79 Å². The molecule has 3 nitrogen and oxygen atoms in total. The third-order valence-electron chi connectivity index (χ3n) is 2.61. The van der Waals surface area contributed by atoms with E-state index < -0.39 is 5.97 Å². The van der Waals surface area contributed by atoms with Crippen LogP contribution in [-0.2, 0) is 11.3 Å². The second kappa shape index (κ2) is 4.98. The number of carboxylic acids is 1. The molecule has 0 atom stereocenters. The molecule has 17 heavy (non-hydrogen) atoms. The number of halogens is 2. The van der Waals surface area contributed by atoms with Gasteiger partial charge in [-0.05, 0) is 18.6 Å². The fraction of sp³-hybridized carbons (Fsp3) is 0.250. The largest absolute Gasteiger partial charge is 0.481 e. The van der Waals surface area contributed by atoms with Gasteiger partial charge < -0.3 is 9.67 Å². The second-order valence-electron chi connectivity index (χ2n) is 3.81. The predicted octanol–water partition coefficient (Wildman–Crippen LogP) is 3.81. The summed E-state index contributed by atoms with van der Waals surface area (Å²) in [5.74, 6) is -0.786. The van der Waals surface area contributed by atoms with Crippen molar-refractivity contribution in [2.24, 2.45) is 0 Å². The molecular weight excluding hydrogens is 261 g/mol. The SMILES string of the molecule is O=C(O)CCCn1ccc2ccc(Cl)c(Cl)c21. The highest BCUT2D eigenvalue weighted by Crippen LogP contribution is 2.31. The number of aliphatic carboxylic acids is 1. The van der Waals surface area contributed by atoms with Crippen molar-refractivity contribution in [1.29, 1.82) is 0 Å². The molecule has 0 saturated heterocycles. The minimum Gasteiger partial charge on any atom is -0.481 e. The number of hydrogen-bond acceptors (Lipinski definition) is 1. The van der Waals surface area contributed by atoms with E-state index in [1.807, 2.05) is 22.9 Å². The fourth-order valence-electron chi connectivity index (χ4n) is 1.81. The van der Waals surface area contributed by atoms with Crippen LogP contribution in [0.5, 0.6) is 0 Å². The maximum atomic E-state index is 10.5. The standard InChI is InChI=1S/C12H11Cl2NO2/c13-9-4-3-8-5-7-15(12(8)11(9)14)6-1-2-10(16)17/h3-5,7H,1-2,6H2,(H,16,17). The Labute approximate surface area is 109 Å². The van der Waals surface area contributed by atoms with Crippen LogP contribution in [0.25, 0.3) is 10.9 Å². The number of carboxylic acid groups (broad SMARTS) is 1. The molecule has 0 amide bonds. The van der Waals surface area contributed by atoms with Crippen molar-refractivity contribution in [2.45, 2.75) is 19.4 Å². The van der Waals surface area contributed by atoms with E-state index in [2.05, 4.69) is 0 Å². The highest BCUT2D eigenvalue weighted by Gasteiger charge is 2.08. The molecule has 0 aliphatic carbocycles. The molecule has 2 aromatic rings. The molecule has 0 radical (unpaired) electrons. The van der Waals surface area contributed by atoms with Crippen LogP contribution < -0.4 is 0 Å². The lowest BCUT2D eigenvalue weighted by molar-refractivity contribution is -0.137. The van der Waals surface area contributed by atoms with E-state index in [0.717, 1.165) is 10.9 Å². The molecule has 0 fully saturated rings. The fourth-order valence-corrected chi connectivity index (χ4v) is 2.25. The van der Waals surface area contributed by atoms with Gasteiger partial charge in [-0.2, -0.15) is 0 Å². The number of nitrogens with zero attached hydrogens (tertiary/aromatic N) is 1. The average Bonchev–Trinajstić information content (AvgIpc) is 2.67. The summed E-state index contributed by atoms with van der Waals surface area (Å²) < 4.78 is 1.94. The third-order valence-corrected chi connectivity index (χ3v) is 3.41. The van der Waals surface area contributed by atoms with Gasteiger partial charge in [0, 0.05) is 24.5 Å². The number of carbonyl (C=O) groups is 1. The van der Waals surface area contributed by atoms with Gasteiger partial charge >= 0.3 is 5.97 Å². The lowest BCUT2D eigenvalue weighted by Gasteiger charge is -2.06. The van der Waals surface area contributed by atoms with Crippen LogP contribution in [0.4, 0.5) is 0 Å². The lowest BCUT2D eigenvalue weighted by atomic mass is 10.2. The number of aryl methyl sites for hydroxylation is 1. The molecule has 0 aliphatic rings. The van der Waals surface area contributed by atoms with Crippen LogP contribution in [0, 0.1) is 0 Å². The third kappa shape index (κ3) is 2.56. The first-order chi connectivity index (χ1) is 8.09. The van der Waals surface area contributed by atoms with E-state index >= 15 is 0 Å². The van der Waals surface area contributed by atoms with E-state index in [1.54, 1.807) is 6.07 Å². The Morgan fingerprint density at radius 1 is 1.29 bits per heavy atom. The van der Waals surface area contributed by atoms with Gasteiger partial charge in [0.05, 0.1) is 15.6 Å². The van der Waals surface area contributed by atoms with E-state index in [4.69, 9.17) is 28.3 Å². The highest BCUT2D eigenvalue weighted by molar-refractivity contribution is 6.45. The lowest BCUT2D eigenvalue weighted by Crippen LogP contribution is -2.01. The molecule has 1 aromatic heterocycles. The van der Waals surface area contributed by atoms with E-state index in [1.165, 1.54) is 0 Å². The summed E-state index contributed by atoms with van der Waals surface area (Å²) in [6.45, 7) is 0.621. The first kappa shape index (κ1) is 12.3. The average molecular weight is 272 g/mol. The van der Waals surface area contributed by atoms with Gasteiger partial charge in [0.15, 0.2) is 0 Å². The van der Waals surface area contributed by atoms with E-state index in [0.29, 0.717) is 23.0 Å². The van der Waals surface area contributed by atoms with Crippen LogP contribution >= 0.6 is 23.2 Å². The molecule has 2 rings (SSSR count). The number of aromatic nitrogens is 1. The molecule has 0 aliphatic heterocycles. The highest BCUT2D eigenvalue weighted by atomic mass is 35.5. The first-order valence-corrected chi connectivity index (χ1v) is 6.00. The Morgan fingerprint density at radius 2 is 2.06 bits per heavy atom. The Balaban J connectivity index is 2.28.